The van der Waals surface area contributed by atoms with E-state index in [0.29, 0.717) is 44.9 Å². The number of carbonyl (C=O) groups is 1. The molecule has 1 atom stereocenters. The van der Waals surface area contributed by atoms with Crippen LogP contribution >= 0.6 is 11.6 Å². The summed E-state index contributed by atoms with van der Waals surface area (Å²) in [5, 5.41) is 3.74. The van der Waals surface area contributed by atoms with Crippen LogP contribution in [0.25, 0.3) is 0 Å². The third-order valence-electron chi connectivity index (χ3n) is 4.90. The van der Waals surface area contributed by atoms with Gasteiger partial charge in [0.1, 0.15) is 17.2 Å². The molecular weight excluding hydrogens is 406 g/mol. The number of hydrogen-bond donors (Lipinski definition) is 1. The van der Waals surface area contributed by atoms with Crippen molar-refractivity contribution >= 4 is 28.9 Å². The molecular formula is C22H20ClN3O4. The van der Waals surface area contributed by atoms with Gasteiger partial charge in [0.05, 0.1) is 49.0 Å². The Morgan fingerprint density at radius 2 is 1.80 bits per heavy atom. The molecule has 8 heteroatoms. The number of ether oxygens (including phenoxy) is 3. The predicted molar refractivity (Wildman–Crippen MR) is 115 cm³/mol. The van der Waals surface area contributed by atoms with E-state index < -0.39 is 6.17 Å². The molecule has 1 aliphatic rings. The molecule has 1 N–H and O–H groups in total. The number of benzene rings is 2. The van der Waals surface area contributed by atoms with Crippen LogP contribution in [0.3, 0.4) is 0 Å². The lowest BCUT2D eigenvalue weighted by atomic mass is 10.2. The van der Waals surface area contributed by atoms with Crippen LogP contribution in [0.5, 0.6) is 17.2 Å². The van der Waals surface area contributed by atoms with Crippen molar-refractivity contribution in [2.24, 2.45) is 0 Å². The first-order valence-electron chi connectivity index (χ1n) is 9.18. The summed E-state index contributed by atoms with van der Waals surface area (Å²) in [6.07, 6.45) is 1.06. The summed E-state index contributed by atoms with van der Waals surface area (Å²) >= 11 is 6.51. The van der Waals surface area contributed by atoms with Crippen LogP contribution in [0.4, 0.5) is 11.4 Å². The molecule has 0 aliphatic carbocycles. The number of nitrogens with zero attached hydrogens (tertiary/aromatic N) is 2. The Labute approximate surface area is 179 Å². The second-order valence-electron chi connectivity index (χ2n) is 6.55. The van der Waals surface area contributed by atoms with Crippen LogP contribution in [0.2, 0.25) is 5.02 Å². The van der Waals surface area contributed by atoms with E-state index in [2.05, 4.69) is 10.3 Å². The molecule has 3 aromatic rings. The van der Waals surface area contributed by atoms with Crippen LogP contribution in [0.15, 0.2) is 54.7 Å². The highest BCUT2D eigenvalue weighted by atomic mass is 35.5. The van der Waals surface area contributed by atoms with Crippen molar-refractivity contribution < 1.29 is 19.0 Å². The molecule has 154 valence electrons. The van der Waals surface area contributed by atoms with Gasteiger partial charge in [0, 0.05) is 24.4 Å². The summed E-state index contributed by atoms with van der Waals surface area (Å²) < 4.78 is 16.1. The first kappa shape index (κ1) is 19.8. The molecule has 0 bridgehead atoms. The van der Waals surface area contributed by atoms with Gasteiger partial charge in [0.25, 0.3) is 5.91 Å². The Morgan fingerprint density at radius 1 is 1.00 bits per heavy atom. The van der Waals surface area contributed by atoms with Gasteiger partial charge in [-0.3, -0.25) is 14.7 Å². The highest BCUT2D eigenvalue weighted by molar-refractivity contribution is 6.33. The largest absolute Gasteiger partial charge is 0.497 e. The number of hydrogen-bond acceptors (Lipinski definition) is 6. The minimum Gasteiger partial charge on any atom is -0.497 e. The van der Waals surface area contributed by atoms with Crippen molar-refractivity contribution in [3.05, 3.63) is 71.0 Å². The van der Waals surface area contributed by atoms with Gasteiger partial charge < -0.3 is 19.5 Å². The number of rotatable bonds is 6. The lowest BCUT2D eigenvalue weighted by Crippen LogP contribution is -2.32. The highest BCUT2D eigenvalue weighted by Gasteiger charge is 2.39. The molecule has 2 heterocycles. The zero-order valence-electron chi connectivity index (χ0n) is 16.7. The van der Waals surface area contributed by atoms with Crippen molar-refractivity contribution in [1.29, 1.82) is 0 Å². The summed E-state index contributed by atoms with van der Waals surface area (Å²) in [5.41, 5.74) is 2.31. The fourth-order valence-corrected chi connectivity index (χ4v) is 3.71. The Morgan fingerprint density at radius 3 is 2.53 bits per heavy atom. The van der Waals surface area contributed by atoms with E-state index in [1.54, 1.807) is 62.8 Å². The van der Waals surface area contributed by atoms with Gasteiger partial charge in [-0.1, -0.05) is 17.7 Å². The van der Waals surface area contributed by atoms with Crippen molar-refractivity contribution in [2.75, 3.05) is 31.5 Å². The van der Waals surface area contributed by atoms with E-state index >= 15 is 0 Å². The number of anilines is 2. The zero-order chi connectivity index (χ0) is 21.3. The van der Waals surface area contributed by atoms with Crippen molar-refractivity contribution in [3.8, 4) is 17.2 Å². The third kappa shape index (κ3) is 3.37. The Hall–Kier alpha value is -3.45. The molecule has 0 fully saturated rings. The van der Waals surface area contributed by atoms with Crippen LogP contribution in [-0.2, 0) is 0 Å². The number of amides is 1. The van der Waals surface area contributed by atoms with E-state index in [9.17, 15) is 4.79 Å². The van der Waals surface area contributed by atoms with E-state index in [0.717, 1.165) is 0 Å². The normalized spacial score (nSPS) is 15.0. The summed E-state index contributed by atoms with van der Waals surface area (Å²) in [7, 11) is 4.68. The van der Waals surface area contributed by atoms with Gasteiger partial charge in [-0.05, 0) is 24.3 Å². The molecule has 0 unspecified atom stereocenters. The second-order valence-corrected chi connectivity index (χ2v) is 6.95. The molecule has 0 spiro atoms. The topological polar surface area (TPSA) is 72.9 Å². The fourth-order valence-electron chi connectivity index (χ4n) is 3.46. The summed E-state index contributed by atoms with van der Waals surface area (Å²) in [6, 6.07) is 14.2. The van der Waals surface area contributed by atoms with E-state index in [-0.39, 0.29) is 5.91 Å². The molecule has 30 heavy (non-hydrogen) atoms. The third-order valence-corrected chi connectivity index (χ3v) is 5.20. The number of halogens is 1. The SMILES string of the molecule is COc1cccc(N2C(=O)c3cccnc3[C@H]2Nc2c(Cl)cc(OC)cc2OC)c1. The first-order chi connectivity index (χ1) is 14.6. The van der Waals surface area contributed by atoms with Gasteiger partial charge in [-0.2, -0.15) is 0 Å². The summed E-state index contributed by atoms with van der Waals surface area (Å²) in [5.74, 6) is 1.52. The van der Waals surface area contributed by atoms with Crippen molar-refractivity contribution in [2.45, 2.75) is 6.17 Å². The molecule has 0 radical (unpaired) electrons. The second kappa shape index (κ2) is 8.12. The maximum Gasteiger partial charge on any atom is 0.262 e. The quantitative estimate of drug-likeness (QED) is 0.625. The van der Waals surface area contributed by atoms with Gasteiger partial charge in [0.15, 0.2) is 6.17 Å². The lowest BCUT2D eigenvalue weighted by molar-refractivity contribution is 0.0993. The van der Waals surface area contributed by atoms with Gasteiger partial charge in [0.2, 0.25) is 0 Å². The molecule has 0 saturated heterocycles. The van der Waals surface area contributed by atoms with Gasteiger partial charge in [-0.15, -0.1) is 0 Å². The van der Waals surface area contributed by atoms with Gasteiger partial charge in [-0.25, -0.2) is 0 Å². The number of methoxy groups -OCH3 is 3. The Bertz CT molecular complexity index is 1110. The molecule has 2 aromatic carbocycles. The van der Waals surface area contributed by atoms with Crippen molar-refractivity contribution in [1.82, 2.24) is 4.98 Å². The van der Waals surface area contributed by atoms with E-state index in [1.165, 1.54) is 0 Å². The highest BCUT2D eigenvalue weighted by Crippen LogP contribution is 2.43. The molecule has 7 nitrogen and oxygen atoms in total. The number of fused-ring (bicyclic) bond motifs is 1. The zero-order valence-corrected chi connectivity index (χ0v) is 17.4. The monoisotopic (exact) mass is 425 g/mol. The average Bonchev–Trinajstić information content (AvgIpc) is 3.06. The summed E-state index contributed by atoms with van der Waals surface area (Å²) in [4.78, 5) is 19.3. The maximum atomic E-state index is 13.3. The maximum absolute atomic E-state index is 13.3. The average molecular weight is 426 g/mol. The Balaban J connectivity index is 1.82. The molecule has 0 saturated carbocycles. The molecule has 1 amide bonds. The van der Waals surface area contributed by atoms with Crippen LogP contribution in [0, 0.1) is 0 Å². The van der Waals surface area contributed by atoms with E-state index in [1.807, 2.05) is 18.2 Å². The molecule has 4 rings (SSSR count). The molecule has 1 aromatic heterocycles. The number of aromatic nitrogens is 1. The number of carbonyl (C=O) groups excluding carboxylic acids is 1. The van der Waals surface area contributed by atoms with E-state index in [4.69, 9.17) is 25.8 Å². The minimum atomic E-state index is -0.597. The number of nitrogens with one attached hydrogen (secondary N) is 1. The minimum absolute atomic E-state index is 0.174. The van der Waals surface area contributed by atoms with Crippen LogP contribution < -0.4 is 24.4 Å². The first-order valence-corrected chi connectivity index (χ1v) is 9.55. The smallest absolute Gasteiger partial charge is 0.262 e. The number of pyridine rings is 1. The standard InChI is InChI=1S/C22H20ClN3O4/c1-28-14-7-4-6-13(10-14)26-21(19-16(22(26)27)8-5-9-24-19)25-20-17(23)11-15(29-2)12-18(20)30-3/h4-12,21,25H,1-3H3/t21-/m0/s1. The van der Waals surface area contributed by atoms with Crippen LogP contribution in [-0.4, -0.2) is 32.2 Å². The van der Waals surface area contributed by atoms with Crippen LogP contribution in [0.1, 0.15) is 22.2 Å². The predicted octanol–water partition coefficient (Wildman–Crippen LogP) is 4.53. The summed E-state index contributed by atoms with van der Waals surface area (Å²) in [6.45, 7) is 0. The van der Waals surface area contributed by atoms with Gasteiger partial charge >= 0.3 is 0 Å². The lowest BCUT2D eigenvalue weighted by Gasteiger charge is -2.28. The molecule has 1 aliphatic heterocycles. The van der Waals surface area contributed by atoms with Crippen molar-refractivity contribution in [3.63, 3.8) is 0 Å². The Kier molecular flexibility index (Phi) is 5.37. The fraction of sp³-hybridized carbons (Fsp3) is 0.182.